The summed E-state index contributed by atoms with van der Waals surface area (Å²) in [7, 11) is 2.06. The highest BCUT2D eigenvalue weighted by molar-refractivity contribution is 9.11. The van der Waals surface area contributed by atoms with E-state index in [9.17, 15) is 0 Å². The van der Waals surface area contributed by atoms with Gasteiger partial charge in [0.25, 0.3) is 0 Å². The van der Waals surface area contributed by atoms with Gasteiger partial charge in [0.1, 0.15) is 0 Å². The van der Waals surface area contributed by atoms with Gasteiger partial charge in [0.15, 0.2) is 5.82 Å². The van der Waals surface area contributed by atoms with Crippen LogP contribution in [0.3, 0.4) is 0 Å². The summed E-state index contributed by atoms with van der Waals surface area (Å²) < 4.78 is 6.44. The molecule has 0 atom stereocenters. The molecule has 0 unspecified atom stereocenters. The van der Waals surface area contributed by atoms with E-state index in [4.69, 9.17) is 4.52 Å². The van der Waals surface area contributed by atoms with Gasteiger partial charge < -0.3 is 4.52 Å². The number of aromatic nitrogens is 2. The molecule has 1 fully saturated rings. The molecular formula is C12H14BrN3OS. The third-order valence-electron chi connectivity index (χ3n) is 2.89. The van der Waals surface area contributed by atoms with E-state index >= 15 is 0 Å². The van der Waals surface area contributed by atoms with Gasteiger partial charge in [-0.3, -0.25) is 4.90 Å². The molecule has 1 saturated carbocycles. The number of hydrogen-bond acceptors (Lipinski definition) is 5. The molecule has 2 aromatic rings. The fourth-order valence-corrected chi connectivity index (χ4v) is 3.39. The standard InChI is InChI=1S/C12H14BrN3OS/c1-16(6-9-4-5-10(13)18-9)7-11-14-12(15-17-11)8-2-3-8/h4-5,8H,2-3,6-7H2,1H3. The van der Waals surface area contributed by atoms with Crippen molar-refractivity contribution in [1.29, 1.82) is 0 Å². The van der Waals surface area contributed by atoms with Gasteiger partial charge in [-0.25, -0.2) is 0 Å². The van der Waals surface area contributed by atoms with Crippen molar-refractivity contribution in [2.75, 3.05) is 7.05 Å². The van der Waals surface area contributed by atoms with Gasteiger partial charge in [-0.2, -0.15) is 4.98 Å². The van der Waals surface area contributed by atoms with Crippen molar-refractivity contribution >= 4 is 27.3 Å². The predicted molar refractivity (Wildman–Crippen MR) is 73.5 cm³/mol. The maximum absolute atomic E-state index is 5.27. The zero-order valence-electron chi connectivity index (χ0n) is 10.1. The number of hydrogen-bond donors (Lipinski definition) is 0. The van der Waals surface area contributed by atoms with E-state index < -0.39 is 0 Å². The van der Waals surface area contributed by atoms with Crippen molar-refractivity contribution in [2.24, 2.45) is 0 Å². The SMILES string of the molecule is CN(Cc1nc(C2CC2)no1)Cc1ccc(Br)s1. The van der Waals surface area contributed by atoms with Crippen molar-refractivity contribution in [3.05, 3.63) is 32.5 Å². The molecule has 0 aliphatic heterocycles. The molecule has 0 radical (unpaired) electrons. The van der Waals surface area contributed by atoms with Gasteiger partial charge in [-0.05, 0) is 48.0 Å². The van der Waals surface area contributed by atoms with Crippen LogP contribution < -0.4 is 0 Å². The summed E-state index contributed by atoms with van der Waals surface area (Å²) in [6.45, 7) is 1.60. The quantitative estimate of drug-likeness (QED) is 0.844. The Bertz CT molecular complexity index is 535. The molecule has 1 aliphatic rings. The average molecular weight is 328 g/mol. The monoisotopic (exact) mass is 327 g/mol. The Labute approximate surface area is 118 Å². The fourth-order valence-electron chi connectivity index (χ4n) is 1.83. The van der Waals surface area contributed by atoms with Crippen LogP contribution in [0.25, 0.3) is 0 Å². The maximum Gasteiger partial charge on any atom is 0.240 e. The minimum absolute atomic E-state index is 0.557. The fraction of sp³-hybridized carbons (Fsp3) is 0.500. The lowest BCUT2D eigenvalue weighted by Gasteiger charge is -2.12. The summed E-state index contributed by atoms with van der Waals surface area (Å²) in [5, 5.41) is 4.02. The number of halogens is 1. The molecule has 1 aliphatic carbocycles. The first kappa shape index (κ1) is 12.3. The second-order valence-corrected chi connectivity index (χ2v) is 7.25. The summed E-state index contributed by atoms with van der Waals surface area (Å²) >= 11 is 5.23. The van der Waals surface area contributed by atoms with Crippen molar-refractivity contribution < 1.29 is 4.52 Å². The highest BCUT2D eigenvalue weighted by Crippen LogP contribution is 2.38. The van der Waals surface area contributed by atoms with Crippen molar-refractivity contribution in [3.63, 3.8) is 0 Å². The minimum atomic E-state index is 0.557. The van der Waals surface area contributed by atoms with Gasteiger partial charge in [-0.15, -0.1) is 11.3 Å². The maximum atomic E-state index is 5.27. The van der Waals surface area contributed by atoms with Crippen LogP contribution in [-0.2, 0) is 13.1 Å². The van der Waals surface area contributed by atoms with Crippen LogP contribution in [0.1, 0.15) is 35.4 Å². The van der Waals surface area contributed by atoms with Gasteiger partial charge in [0.05, 0.1) is 10.3 Å². The summed E-state index contributed by atoms with van der Waals surface area (Å²) in [5.41, 5.74) is 0. The van der Waals surface area contributed by atoms with Crippen LogP contribution in [0.4, 0.5) is 0 Å². The topological polar surface area (TPSA) is 42.2 Å². The van der Waals surface area contributed by atoms with Crippen LogP contribution in [0.5, 0.6) is 0 Å². The van der Waals surface area contributed by atoms with Gasteiger partial charge >= 0.3 is 0 Å². The molecule has 96 valence electrons. The second-order valence-electron chi connectivity index (χ2n) is 4.70. The predicted octanol–water partition coefficient (Wildman–Crippen LogP) is 3.40. The van der Waals surface area contributed by atoms with E-state index in [1.165, 1.54) is 21.5 Å². The van der Waals surface area contributed by atoms with E-state index in [0.29, 0.717) is 12.5 Å². The first-order valence-corrected chi connectivity index (χ1v) is 7.57. The molecule has 0 aromatic carbocycles. The first-order chi connectivity index (χ1) is 8.70. The molecule has 3 rings (SSSR count). The largest absolute Gasteiger partial charge is 0.338 e. The smallest absolute Gasteiger partial charge is 0.240 e. The summed E-state index contributed by atoms with van der Waals surface area (Å²) in [6, 6.07) is 4.21. The molecular weight excluding hydrogens is 314 g/mol. The lowest BCUT2D eigenvalue weighted by atomic mass is 10.4. The molecule has 2 heterocycles. The zero-order valence-corrected chi connectivity index (χ0v) is 12.5. The van der Waals surface area contributed by atoms with E-state index in [2.05, 4.69) is 50.2 Å². The third-order valence-corrected chi connectivity index (χ3v) is 4.49. The highest BCUT2D eigenvalue weighted by atomic mass is 79.9. The Morgan fingerprint density at radius 3 is 2.94 bits per heavy atom. The lowest BCUT2D eigenvalue weighted by Crippen LogP contribution is -2.16. The lowest BCUT2D eigenvalue weighted by molar-refractivity contribution is 0.262. The van der Waals surface area contributed by atoms with Gasteiger partial charge in [-0.1, -0.05) is 5.16 Å². The normalized spacial score (nSPS) is 15.5. The summed E-state index contributed by atoms with van der Waals surface area (Å²) in [4.78, 5) is 7.94. The molecule has 0 bridgehead atoms. The Kier molecular flexibility index (Phi) is 3.50. The highest BCUT2D eigenvalue weighted by Gasteiger charge is 2.28. The molecule has 2 aromatic heterocycles. The Balaban J connectivity index is 1.57. The van der Waals surface area contributed by atoms with Crippen molar-refractivity contribution in [2.45, 2.75) is 31.8 Å². The molecule has 18 heavy (non-hydrogen) atoms. The summed E-state index contributed by atoms with van der Waals surface area (Å²) in [5.74, 6) is 2.16. The van der Waals surface area contributed by atoms with Crippen LogP contribution in [-0.4, -0.2) is 22.1 Å². The summed E-state index contributed by atoms with van der Waals surface area (Å²) in [6.07, 6.45) is 2.41. The number of nitrogens with zero attached hydrogens (tertiary/aromatic N) is 3. The molecule has 0 spiro atoms. The van der Waals surface area contributed by atoms with Gasteiger partial charge in [0, 0.05) is 17.3 Å². The average Bonchev–Trinajstić information content (AvgIpc) is 2.95. The van der Waals surface area contributed by atoms with Crippen molar-refractivity contribution in [1.82, 2.24) is 15.0 Å². The Morgan fingerprint density at radius 2 is 2.28 bits per heavy atom. The molecule has 6 heteroatoms. The number of thiophene rings is 1. The van der Waals surface area contributed by atoms with Crippen LogP contribution in [0.2, 0.25) is 0 Å². The molecule has 0 N–H and O–H groups in total. The third kappa shape index (κ3) is 2.99. The van der Waals surface area contributed by atoms with E-state index in [-0.39, 0.29) is 0 Å². The Morgan fingerprint density at radius 1 is 1.44 bits per heavy atom. The first-order valence-electron chi connectivity index (χ1n) is 5.96. The van der Waals surface area contributed by atoms with Crippen LogP contribution in [0.15, 0.2) is 20.4 Å². The van der Waals surface area contributed by atoms with E-state index in [0.717, 1.165) is 18.3 Å². The van der Waals surface area contributed by atoms with Crippen molar-refractivity contribution in [3.8, 4) is 0 Å². The van der Waals surface area contributed by atoms with Crippen LogP contribution >= 0.6 is 27.3 Å². The van der Waals surface area contributed by atoms with Gasteiger partial charge in [0.2, 0.25) is 5.89 Å². The van der Waals surface area contributed by atoms with E-state index in [1.54, 1.807) is 11.3 Å². The van der Waals surface area contributed by atoms with E-state index in [1.807, 2.05) is 0 Å². The van der Waals surface area contributed by atoms with Crippen LogP contribution in [0, 0.1) is 0 Å². The minimum Gasteiger partial charge on any atom is -0.338 e. The second kappa shape index (κ2) is 5.11. The number of rotatable bonds is 5. The molecule has 0 saturated heterocycles. The molecule has 4 nitrogen and oxygen atoms in total. The zero-order chi connectivity index (χ0) is 12.5. The Hall–Kier alpha value is -0.720. The molecule has 0 amide bonds.